The predicted octanol–water partition coefficient (Wildman–Crippen LogP) is 6.36. The number of amidine groups is 1. The minimum Gasteiger partial charge on any atom is -0.456 e. The summed E-state index contributed by atoms with van der Waals surface area (Å²) < 4.78 is 5.72. The van der Waals surface area contributed by atoms with Crippen LogP contribution in [-0.4, -0.2) is 16.0 Å². The summed E-state index contributed by atoms with van der Waals surface area (Å²) >= 11 is 13.1. The van der Waals surface area contributed by atoms with Gasteiger partial charge in [-0.2, -0.15) is 0 Å². The summed E-state index contributed by atoms with van der Waals surface area (Å²) in [6, 6.07) is 12.9. The van der Waals surface area contributed by atoms with E-state index in [0.29, 0.717) is 37.9 Å². The number of hydrogen-bond donors (Lipinski definition) is 1. The Balaban J connectivity index is 1.60. The smallest absolute Gasteiger partial charge is 0.281 e. The highest BCUT2D eigenvalue weighted by Gasteiger charge is 2.25. The van der Waals surface area contributed by atoms with Crippen molar-refractivity contribution in [1.82, 2.24) is 5.32 Å². The zero-order valence-corrected chi connectivity index (χ0v) is 18.2. The lowest BCUT2D eigenvalue weighted by atomic mass is 10.1. The fourth-order valence-electron chi connectivity index (χ4n) is 2.88. The number of carbonyl (C=O) groups is 1. The molecule has 2 aromatic carbocycles. The monoisotopic (exact) mass is 473 g/mol. The van der Waals surface area contributed by atoms with Crippen LogP contribution in [0.1, 0.15) is 11.3 Å². The highest BCUT2D eigenvalue weighted by molar-refractivity contribution is 8.18. The van der Waals surface area contributed by atoms with Gasteiger partial charge in [0.25, 0.3) is 11.6 Å². The van der Waals surface area contributed by atoms with Crippen LogP contribution in [0.15, 0.2) is 62.8 Å². The summed E-state index contributed by atoms with van der Waals surface area (Å²) in [5.41, 5.74) is 1.60. The third kappa shape index (κ3) is 4.51. The van der Waals surface area contributed by atoms with Gasteiger partial charge in [-0.1, -0.05) is 29.3 Å². The first-order valence-corrected chi connectivity index (χ1v) is 10.5. The lowest BCUT2D eigenvalue weighted by Crippen LogP contribution is -2.19. The molecule has 10 heteroatoms. The Morgan fingerprint density at radius 1 is 1.19 bits per heavy atom. The Hall–Kier alpha value is -3.07. The Morgan fingerprint density at radius 2 is 2.00 bits per heavy atom. The summed E-state index contributed by atoms with van der Waals surface area (Å²) in [5.74, 6) is 0.345. The average Bonchev–Trinajstić information content (AvgIpc) is 3.32. The number of thioether (sulfide) groups is 1. The summed E-state index contributed by atoms with van der Waals surface area (Å²) in [7, 11) is 0. The van der Waals surface area contributed by atoms with Gasteiger partial charge in [-0.25, -0.2) is 4.99 Å². The minimum atomic E-state index is -0.525. The van der Waals surface area contributed by atoms with Crippen molar-refractivity contribution in [3.05, 3.63) is 84.9 Å². The molecule has 1 aromatic heterocycles. The molecule has 2 heterocycles. The molecule has 1 aliphatic heterocycles. The van der Waals surface area contributed by atoms with Crippen LogP contribution < -0.4 is 5.32 Å². The third-order valence-corrected chi connectivity index (χ3v) is 5.99. The highest BCUT2D eigenvalue weighted by atomic mass is 35.5. The second kappa shape index (κ2) is 8.58. The average molecular weight is 474 g/mol. The van der Waals surface area contributed by atoms with Gasteiger partial charge < -0.3 is 9.73 Å². The topological polar surface area (TPSA) is 97.7 Å². The summed E-state index contributed by atoms with van der Waals surface area (Å²) in [6.45, 7) is 1.85. The number of amides is 1. The second-order valence-corrected chi connectivity index (χ2v) is 8.36. The molecule has 0 saturated carbocycles. The number of halogens is 2. The van der Waals surface area contributed by atoms with Crippen LogP contribution in [0, 0.1) is 17.0 Å². The fraction of sp³-hybridized carbons (Fsp3) is 0.0476. The molecule has 1 aliphatic rings. The number of aliphatic imine (C=N–C) groups is 1. The van der Waals surface area contributed by atoms with Crippen molar-refractivity contribution < 1.29 is 14.1 Å². The van der Waals surface area contributed by atoms with Crippen molar-refractivity contribution in [2.75, 3.05) is 0 Å². The molecule has 31 heavy (non-hydrogen) atoms. The van der Waals surface area contributed by atoms with Gasteiger partial charge in [0.05, 0.1) is 21.1 Å². The number of benzene rings is 2. The standard InChI is InChI=1S/C21H13Cl2N3O4S/c1-11-15(23)3-2-4-16(11)24-21-25-20(27)19(31-21)10-13-6-8-18(30-13)14-7-5-12(22)9-17(14)26(28)29/h2-10H,1H3,(H,24,25,27)/b19-10+. The molecule has 4 rings (SSSR count). The molecule has 0 atom stereocenters. The van der Waals surface area contributed by atoms with Crippen molar-refractivity contribution >= 4 is 63.5 Å². The molecule has 0 unspecified atom stereocenters. The number of hydrogen-bond acceptors (Lipinski definition) is 6. The van der Waals surface area contributed by atoms with Crippen molar-refractivity contribution in [3.8, 4) is 11.3 Å². The maximum atomic E-state index is 12.3. The zero-order chi connectivity index (χ0) is 22.1. The third-order valence-electron chi connectivity index (χ3n) is 4.43. The van der Waals surface area contributed by atoms with Gasteiger partial charge in [0.1, 0.15) is 11.5 Å². The van der Waals surface area contributed by atoms with Crippen molar-refractivity contribution in [3.63, 3.8) is 0 Å². The molecule has 0 spiro atoms. The Bertz CT molecular complexity index is 1280. The molecular formula is C21H13Cl2N3O4S. The SMILES string of the molecule is Cc1c(Cl)cccc1N=C1NC(=O)/C(=C\c2ccc(-c3ccc(Cl)cc3[N+](=O)[O-])o2)S1. The van der Waals surface area contributed by atoms with Gasteiger partial charge in [0.15, 0.2) is 5.17 Å². The largest absolute Gasteiger partial charge is 0.456 e. The fourth-order valence-corrected chi connectivity index (χ4v) is 4.03. The van der Waals surface area contributed by atoms with Crippen LogP contribution in [0.3, 0.4) is 0 Å². The van der Waals surface area contributed by atoms with Gasteiger partial charge in [-0.05, 0) is 60.6 Å². The van der Waals surface area contributed by atoms with E-state index in [2.05, 4.69) is 10.3 Å². The highest BCUT2D eigenvalue weighted by Crippen LogP contribution is 2.35. The molecule has 0 bridgehead atoms. The second-order valence-electron chi connectivity index (χ2n) is 6.49. The number of nitro benzene ring substituents is 1. The van der Waals surface area contributed by atoms with E-state index in [1.165, 1.54) is 12.1 Å². The van der Waals surface area contributed by atoms with E-state index >= 15 is 0 Å². The molecule has 1 saturated heterocycles. The van der Waals surface area contributed by atoms with Gasteiger partial charge in [-0.3, -0.25) is 14.9 Å². The first-order valence-electron chi connectivity index (χ1n) is 8.90. The lowest BCUT2D eigenvalue weighted by molar-refractivity contribution is -0.384. The van der Waals surface area contributed by atoms with Gasteiger partial charge in [0, 0.05) is 22.2 Å². The molecule has 1 N–H and O–H groups in total. The number of nitrogens with one attached hydrogen (secondary N) is 1. The molecule has 1 amide bonds. The molecule has 0 aliphatic carbocycles. The van der Waals surface area contributed by atoms with Crippen LogP contribution in [0.4, 0.5) is 11.4 Å². The van der Waals surface area contributed by atoms with Gasteiger partial charge in [-0.15, -0.1) is 0 Å². The summed E-state index contributed by atoms with van der Waals surface area (Å²) in [4.78, 5) is 28.0. The quantitative estimate of drug-likeness (QED) is 0.270. The van der Waals surface area contributed by atoms with E-state index < -0.39 is 4.92 Å². The van der Waals surface area contributed by atoms with Gasteiger partial charge >= 0.3 is 0 Å². The maximum absolute atomic E-state index is 12.3. The molecule has 1 fully saturated rings. The Labute approximate surface area is 190 Å². The van der Waals surface area contributed by atoms with Crippen LogP contribution in [-0.2, 0) is 4.79 Å². The normalized spacial score (nSPS) is 16.2. The molecule has 156 valence electrons. The number of carbonyl (C=O) groups excluding carboxylic acids is 1. The lowest BCUT2D eigenvalue weighted by Gasteiger charge is -2.02. The number of nitro groups is 1. The van der Waals surface area contributed by atoms with E-state index in [1.54, 1.807) is 42.5 Å². The number of nitrogens with zero attached hydrogens (tertiary/aromatic N) is 2. The minimum absolute atomic E-state index is 0.166. The Morgan fingerprint density at radius 3 is 2.77 bits per heavy atom. The molecule has 0 radical (unpaired) electrons. The van der Waals surface area contributed by atoms with Crippen LogP contribution in [0.25, 0.3) is 17.4 Å². The van der Waals surface area contributed by atoms with Crippen molar-refractivity contribution in [2.45, 2.75) is 6.92 Å². The van der Waals surface area contributed by atoms with E-state index in [4.69, 9.17) is 27.6 Å². The van der Waals surface area contributed by atoms with Crippen molar-refractivity contribution in [2.24, 2.45) is 4.99 Å². The van der Waals surface area contributed by atoms with Crippen LogP contribution in [0.2, 0.25) is 10.0 Å². The number of rotatable bonds is 4. The van der Waals surface area contributed by atoms with Crippen LogP contribution >= 0.6 is 35.0 Å². The number of furan rings is 1. The first kappa shape index (κ1) is 21.2. The predicted molar refractivity (Wildman–Crippen MR) is 123 cm³/mol. The van der Waals surface area contributed by atoms with E-state index in [-0.39, 0.29) is 16.6 Å². The van der Waals surface area contributed by atoms with E-state index in [0.717, 1.165) is 17.3 Å². The van der Waals surface area contributed by atoms with E-state index in [1.807, 2.05) is 6.92 Å². The summed E-state index contributed by atoms with van der Waals surface area (Å²) in [5, 5.41) is 15.3. The summed E-state index contributed by atoms with van der Waals surface area (Å²) in [6.07, 6.45) is 1.55. The van der Waals surface area contributed by atoms with Gasteiger partial charge in [0.2, 0.25) is 0 Å². The van der Waals surface area contributed by atoms with Crippen LogP contribution in [0.5, 0.6) is 0 Å². The maximum Gasteiger partial charge on any atom is 0.281 e. The van der Waals surface area contributed by atoms with Crippen molar-refractivity contribution in [1.29, 1.82) is 0 Å². The molecule has 7 nitrogen and oxygen atoms in total. The zero-order valence-electron chi connectivity index (χ0n) is 15.9. The Kier molecular flexibility index (Phi) is 5.86. The van der Waals surface area contributed by atoms with E-state index in [9.17, 15) is 14.9 Å². The molecular weight excluding hydrogens is 461 g/mol. The molecule has 3 aromatic rings. The first-order chi connectivity index (χ1) is 14.8.